The van der Waals surface area contributed by atoms with Gasteiger partial charge < -0.3 is 20.4 Å². The van der Waals surface area contributed by atoms with E-state index in [1.807, 2.05) is 6.92 Å². The summed E-state index contributed by atoms with van der Waals surface area (Å²) in [6.45, 7) is 7.20. The summed E-state index contributed by atoms with van der Waals surface area (Å²) in [7, 11) is 2.08. The van der Waals surface area contributed by atoms with Crippen LogP contribution in [0.4, 0.5) is 0 Å². The number of ketones is 1. The lowest BCUT2D eigenvalue weighted by molar-refractivity contribution is -0.132. The fourth-order valence-corrected chi connectivity index (χ4v) is 5.35. The molecule has 0 spiro atoms. The van der Waals surface area contributed by atoms with Gasteiger partial charge >= 0.3 is 0 Å². The molecule has 36 heavy (non-hydrogen) atoms. The molecular weight excluding hydrogens is 452 g/mol. The number of hydrogen-bond acceptors (Lipinski definition) is 5. The van der Waals surface area contributed by atoms with Gasteiger partial charge in [0.2, 0.25) is 11.8 Å². The van der Waals surface area contributed by atoms with Crippen LogP contribution in [0, 0.1) is 5.92 Å². The molecule has 2 amide bonds. The van der Waals surface area contributed by atoms with Gasteiger partial charge in [0.25, 0.3) is 0 Å². The van der Waals surface area contributed by atoms with Gasteiger partial charge in [-0.05, 0) is 70.3 Å². The Morgan fingerprint density at radius 2 is 1.75 bits per heavy atom. The van der Waals surface area contributed by atoms with Crippen LogP contribution in [0.25, 0.3) is 0 Å². The number of carbonyl (C=O) groups excluding carboxylic acids is 3. The first-order valence-corrected chi connectivity index (χ1v) is 14.0. The highest BCUT2D eigenvalue weighted by molar-refractivity contribution is 5.88. The summed E-state index contributed by atoms with van der Waals surface area (Å²) in [6.07, 6.45) is 7.21. The second-order valence-corrected chi connectivity index (χ2v) is 10.6. The summed E-state index contributed by atoms with van der Waals surface area (Å²) in [5.74, 6) is 0.756. The molecule has 2 saturated heterocycles. The van der Waals surface area contributed by atoms with Gasteiger partial charge in [0.05, 0.1) is 0 Å². The van der Waals surface area contributed by atoms with Gasteiger partial charge in [0.1, 0.15) is 11.8 Å². The summed E-state index contributed by atoms with van der Waals surface area (Å²) >= 11 is 0. The molecule has 2 heterocycles. The molecular formula is C29H46N4O3. The van der Waals surface area contributed by atoms with E-state index in [0.29, 0.717) is 31.7 Å². The summed E-state index contributed by atoms with van der Waals surface area (Å²) in [5, 5.41) is 6.16. The van der Waals surface area contributed by atoms with E-state index in [0.717, 1.165) is 71.2 Å². The average Bonchev–Trinajstić information content (AvgIpc) is 3.37. The largest absolute Gasteiger partial charge is 0.353 e. The molecule has 0 saturated carbocycles. The van der Waals surface area contributed by atoms with Crippen molar-refractivity contribution in [1.82, 2.24) is 20.4 Å². The molecule has 2 fully saturated rings. The second-order valence-electron chi connectivity index (χ2n) is 10.6. The van der Waals surface area contributed by atoms with Crippen molar-refractivity contribution >= 4 is 17.6 Å². The number of Topliss-reactive ketones (excluding diaryl/α,β-unsaturated/α-hetero) is 1. The molecule has 2 atom stereocenters. The molecule has 1 unspecified atom stereocenters. The minimum atomic E-state index is -0.505. The van der Waals surface area contributed by atoms with Crippen LogP contribution in [-0.2, 0) is 14.4 Å². The van der Waals surface area contributed by atoms with Crippen LogP contribution in [0.3, 0.4) is 0 Å². The minimum Gasteiger partial charge on any atom is -0.353 e. The summed E-state index contributed by atoms with van der Waals surface area (Å²) < 4.78 is 0. The Hall–Kier alpha value is -2.25. The number of nitrogens with zero attached hydrogens (tertiary/aromatic N) is 2. The zero-order valence-electron chi connectivity index (χ0n) is 22.3. The highest BCUT2D eigenvalue weighted by Crippen LogP contribution is 2.26. The van der Waals surface area contributed by atoms with Gasteiger partial charge in [-0.1, -0.05) is 50.1 Å². The smallest absolute Gasteiger partial charge is 0.242 e. The van der Waals surface area contributed by atoms with Gasteiger partial charge in [-0.25, -0.2) is 0 Å². The quantitative estimate of drug-likeness (QED) is 0.385. The number of likely N-dealkylation sites (tertiary alicyclic amines) is 2. The molecule has 2 aliphatic heterocycles. The number of piperidine rings is 1. The molecule has 0 bridgehead atoms. The van der Waals surface area contributed by atoms with Crippen LogP contribution in [0.1, 0.15) is 76.2 Å². The van der Waals surface area contributed by atoms with Crippen LogP contribution in [0.15, 0.2) is 30.3 Å². The Kier molecular flexibility index (Phi) is 11.9. The van der Waals surface area contributed by atoms with Gasteiger partial charge in [0.15, 0.2) is 0 Å². The molecule has 3 rings (SSSR count). The van der Waals surface area contributed by atoms with Crippen LogP contribution in [0.2, 0.25) is 0 Å². The van der Waals surface area contributed by atoms with Crippen molar-refractivity contribution in [3.8, 4) is 0 Å². The number of amides is 2. The minimum absolute atomic E-state index is 0.00894. The second kappa shape index (κ2) is 15.1. The van der Waals surface area contributed by atoms with Gasteiger partial charge in [-0.3, -0.25) is 14.4 Å². The van der Waals surface area contributed by atoms with E-state index in [-0.39, 0.29) is 23.5 Å². The van der Waals surface area contributed by atoms with Crippen LogP contribution < -0.4 is 10.6 Å². The van der Waals surface area contributed by atoms with Crippen LogP contribution in [-0.4, -0.2) is 79.8 Å². The maximum absolute atomic E-state index is 13.1. The average molecular weight is 499 g/mol. The van der Waals surface area contributed by atoms with Crippen LogP contribution in [0.5, 0.6) is 0 Å². The van der Waals surface area contributed by atoms with Crippen LogP contribution >= 0.6 is 0 Å². The number of nitrogens with one attached hydrogen (secondary N) is 2. The SMILES string of the molecule is CCC(=O)CCCCC[C@H](NC(=O)C1CCN(C)CC1)C(=O)NCCN1CCC(c2ccccc2)C1. The summed E-state index contributed by atoms with van der Waals surface area (Å²) in [5.41, 5.74) is 1.39. The van der Waals surface area contributed by atoms with Crippen molar-refractivity contribution in [2.45, 2.75) is 76.7 Å². The van der Waals surface area contributed by atoms with E-state index >= 15 is 0 Å². The van der Waals surface area contributed by atoms with Crippen molar-refractivity contribution in [3.63, 3.8) is 0 Å². The molecule has 200 valence electrons. The van der Waals surface area contributed by atoms with Gasteiger partial charge in [-0.2, -0.15) is 0 Å². The standard InChI is InChI=1S/C29H46N4O3/c1-3-26(34)12-8-5-9-13-27(31-28(35)24-14-18-32(2)19-15-24)29(36)30-17-21-33-20-16-25(22-33)23-10-6-4-7-11-23/h4,6-7,10-11,24-25,27H,3,5,8-9,12-22H2,1-2H3,(H,30,36)(H,31,35)/t25?,27-/m0/s1. The predicted molar refractivity (Wildman–Crippen MR) is 144 cm³/mol. The van der Waals surface area contributed by atoms with E-state index in [9.17, 15) is 14.4 Å². The third kappa shape index (κ3) is 9.32. The lowest BCUT2D eigenvalue weighted by atomic mass is 9.95. The highest BCUT2D eigenvalue weighted by atomic mass is 16.2. The molecule has 7 nitrogen and oxygen atoms in total. The topological polar surface area (TPSA) is 81.8 Å². The van der Waals surface area contributed by atoms with Crippen molar-refractivity contribution < 1.29 is 14.4 Å². The number of rotatable bonds is 14. The lowest BCUT2D eigenvalue weighted by Crippen LogP contribution is -2.50. The van der Waals surface area contributed by atoms with Crippen molar-refractivity contribution in [2.24, 2.45) is 5.92 Å². The molecule has 1 aromatic rings. The summed E-state index contributed by atoms with van der Waals surface area (Å²) in [4.78, 5) is 42.2. The first-order valence-electron chi connectivity index (χ1n) is 14.0. The Morgan fingerprint density at radius 3 is 2.47 bits per heavy atom. The Morgan fingerprint density at radius 1 is 1.00 bits per heavy atom. The maximum atomic E-state index is 13.1. The predicted octanol–water partition coefficient (Wildman–Crippen LogP) is 3.35. The van der Waals surface area contributed by atoms with Crippen molar-refractivity contribution in [3.05, 3.63) is 35.9 Å². The highest BCUT2D eigenvalue weighted by Gasteiger charge is 2.28. The number of benzene rings is 1. The number of carbonyl (C=O) groups is 3. The Bertz CT molecular complexity index is 823. The van der Waals surface area contributed by atoms with E-state index in [2.05, 4.69) is 57.8 Å². The van der Waals surface area contributed by atoms with E-state index in [1.165, 1.54) is 5.56 Å². The normalized spacial score (nSPS) is 20.2. The zero-order chi connectivity index (χ0) is 25.8. The van der Waals surface area contributed by atoms with E-state index in [1.54, 1.807) is 0 Å². The molecule has 2 N–H and O–H groups in total. The number of unbranched alkanes of at least 4 members (excludes halogenated alkanes) is 2. The van der Waals surface area contributed by atoms with E-state index in [4.69, 9.17) is 0 Å². The third-order valence-corrected chi connectivity index (χ3v) is 7.84. The molecule has 0 radical (unpaired) electrons. The molecule has 0 aromatic heterocycles. The van der Waals surface area contributed by atoms with Crippen molar-refractivity contribution in [2.75, 3.05) is 46.3 Å². The van der Waals surface area contributed by atoms with E-state index < -0.39 is 6.04 Å². The monoisotopic (exact) mass is 498 g/mol. The molecule has 0 aliphatic carbocycles. The zero-order valence-corrected chi connectivity index (χ0v) is 22.3. The molecule has 7 heteroatoms. The Balaban J connectivity index is 1.44. The Labute approximate surface area is 217 Å². The maximum Gasteiger partial charge on any atom is 0.242 e. The lowest BCUT2D eigenvalue weighted by Gasteiger charge is -2.29. The third-order valence-electron chi connectivity index (χ3n) is 7.84. The fourth-order valence-electron chi connectivity index (χ4n) is 5.35. The molecule has 1 aromatic carbocycles. The molecule has 2 aliphatic rings. The first-order chi connectivity index (χ1) is 17.5. The van der Waals surface area contributed by atoms with Gasteiger partial charge in [0, 0.05) is 38.4 Å². The first kappa shape index (κ1) is 28.3. The fraction of sp³-hybridized carbons (Fsp3) is 0.690. The van der Waals surface area contributed by atoms with Gasteiger partial charge in [-0.15, -0.1) is 0 Å². The number of hydrogen-bond donors (Lipinski definition) is 2. The van der Waals surface area contributed by atoms with Crippen molar-refractivity contribution in [1.29, 1.82) is 0 Å². The summed E-state index contributed by atoms with van der Waals surface area (Å²) in [6, 6.07) is 10.1.